The smallest absolute Gasteiger partial charge is 0.413 e. The van der Waals surface area contributed by atoms with Gasteiger partial charge in [-0.25, -0.2) is 4.79 Å². The number of benzene rings is 2. The lowest BCUT2D eigenvalue weighted by atomic mass is 10.2. The molecule has 0 unspecified atom stereocenters. The van der Waals surface area contributed by atoms with Crippen molar-refractivity contribution in [3.05, 3.63) is 53.6 Å². The monoisotopic (exact) mass is 377 g/mol. The van der Waals surface area contributed by atoms with Crippen molar-refractivity contribution in [2.75, 3.05) is 5.32 Å². The van der Waals surface area contributed by atoms with E-state index >= 15 is 0 Å². The maximum atomic E-state index is 13.6. The van der Waals surface area contributed by atoms with E-state index < -0.39 is 21.2 Å². The van der Waals surface area contributed by atoms with Crippen LogP contribution in [-0.4, -0.2) is 24.3 Å². The summed E-state index contributed by atoms with van der Waals surface area (Å²) >= 11 is 0. The van der Waals surface area contributed by atoms with Gasteiger partial charge in [0.1, 0.15) is 11.5 Å². The minimum atomic E-state index is -4.94. The van der Waals surface area contributed by atoms with Crippen LogP contribution in [0.4, 0.5) is 14.5 Å². The van der Waals surface area contributed by atoms with E-state index in [1.807, 2.05) is 30.3 Å². The van der Waals surface area contributed by atoms with Crippen molar-refractivity contribution in [1.82, 2.24) is 9.78 Å². The van der Waals surface area contributed by atoms with Gasteiger partial charge >= 0.3 is 16.3 Å². The van der Waals surface area contributed by atoms with Crippen molar-refractivity contribution in [1.29, 1.82) is 0 Å². The summed E-state index contributed by atoms with van der Waals surface area (Å²) in [6.45, 7) is 1.69. The van der Waals surface area contributed by atoms with Crippen LogP contribution in [0.25, 0.3) is 10.9 Å². The van der Waals surface area contributed by atoms with Crippen molar-refractivity contribution in [2.45, 2.75) is 18.4 Å². The highest BCUT2D eigenvalue weighted by molar-refractivity contribution is 7.86. The van der Waals surface area contributed by atoms with Gasteiger partial charge < -0.3 is 4.74 Å². The molecule has 0 aliphatic carbocycles. The van der Waals surface area contributed by atoms with Crippen LogP contribution >= 0.6 is 0 Å². The lowest BCUT2D eigenvalue weighted by Crippen LogP contribution is -2.14. The molecule has 136 valence electrons. The number of hydrogen-bond donors (Lipinski definition) is 1. The highest BCUT2D eigenvalue weighted by Gasteiger charge is 2.23. The zero-order valence-electron chi connectivity index (χ0n) is 14.1. The van der Waals surface area contributed by atoms with Gasteiger partial charge in [0, 0.05) is 12.4 Å². The first kappa shape index (κ1) is 17.9. The molecule has 0 atom stereocenters. The Morgan fingerprint density at radius 3 is 2.62 bits per heavy atom. The Hall–Kier alpha value is -2.94. The Balaban J connectivity index is 1.89. The summed E-state index contributed by atoms with van der Waals surface area (Å²) in [7, 11) is -3.48. The van der Waals surface area contributed by atoms with Crippen LogP contribution in [-0.2, 0) is 28.6 Å². The Morgan fingerprint density at radius 2 is 1.96 bits per heavy atom. The second-order valence-corrected chi connectivity index (χ2v) is 7.07. The third-order valence-corrected chi connectivity index (χ3v) is 4.58. The number of anilines is 1. The lowest BCUT2D eigenvalue weighted by molar-refractivity contribution is 0.155. The Bertz CT molecular complexity index is 1080. The fourth-order valence-electron chi connectivity index (χ4n) is 2.65. The SMILES string of the molecule is Cc1cc(S(=O)(=O)F)c2c(c1)c(NC(=O)OCc1ccccc1)nn2C. The number of amides is 1. The summed E-state index contributed by atoms with van der Waals surface area (Å²) in [5, 5.41) is 6.85. The number of aromatic nitrogens is 2. The van der Waals surface area contributed by atoms with E-state index in [0.29, 0.717) is 10.9 Å². The molecule has 9 heteroatoms. The van der Waals surface area contributed by atoms with Gasteiger partial charge in [-0.15, -0.1) is 3.89 Å². The first-order chi connectivity index (χ1) is 12.3. The minimum Gasteiger partial charge on any atom is -0.444 e. The average Bonchev–Trinajstić information content (AvgIpc) is 2.88. The van der Waals surface area contributed by atoms with Gasteiger partial charge in [0.05, 0.1) is 5.52 Å². The van der Waals surface area contributed by atoms with Gasteiger partial charge in [-0.05, 0) is 30.2 Å². The topological polar surface area (TPSA) is 90.3 Å². The van der Waals surface area contributed by atoms with Gasteiger partial charge in [-0.2, -0.15) is 13.5 Å². The summed E-state index contributed by atoms with van der Waals surface area (Å²) < 4.78 is 42.8. The normalized spacial score (nSPS) is 11.5. The molecule has 1 N–H and O–H groups in total. The Labute approximate surface area is 149 Å². The molecule has 0 spiro atoms. The van der Waals surface area contributed by atoms with E-state index in [2.05, 4.69) is 10.4 Å². The molecule has 0 aliphatic rings. The van der Waals surface area contributed by atoms with Crippen LogP contribution in [0, 0.1) is 6.92 Å². The maximum absolute atomic E-state index is 13.6. The van der Waals surface area contributed by atoms with Crippen molar-refractivity contribution in [3.63, 3.8) is 0 Å². The molecule has 26 heavy (non-hydrogen) atoms. The molecule has 0 aliphatic heterocycles. The molecule has 1 aromatic heterocycles. The van der Waals surface area contributed by atoms with Crippen molar-refractivity contribution < 1.29 is 21.8 Å². The number of fused-ring (bicyclic) bond motifs is 1. The molecular weight excluding hydrogens is 361 g/mol. The van der Waals surface area contributed by atoms with Crippen LogP contribution in [0.15, 0.2) is 47.4 Å². The fraction of sp³-hybridized carbons (Fsp3) is 0.176. The number of carbonyl (C=O) groups excluding carboxylic acids is 1. The van der Waals surface area contributed by atoms with E-state index in [1.165, 1.54) is 17.8 Å². The third-order valence-electron chi connectivity index (χ3n) is 3.74. The maximum Gasteiger partial charge on any atom is 0.413 e. The van der Waals surface area contributed by atoms with Crippen LogP contribution in [0.5, 0.6) is 0 Å². The van der Waals surface area contributed by atoms with Gasteiger partial charge in [0.2, 0.25) is 0 Å². The van der Waals surface area contributed by atoms with E-state index in [4.69, 9.17) is 4.74 Å². The first-order valence-corrected chi connectivity index (χ1v) is 9.04. The molecule has 0 fully saturated rings. The molecule has 2 aromatic carbocycles. The predicted molar refractivity (Wildman–Crippen MR) is 94.0 cm³/mol. The van der Waals surface area contributed by atoms with Gasteiger partial charge in [0.15, 0.2) is 5.82 Å². The number of hydrogen-bond acceptors (Lipinski definition) is 5. The highest BCUT2D eigenvalue weighted by Crippen LogP contribution is 2.30. The summed E-state index contributed by atoms with van der Waals surface area (Å²) in [5.74, 6) is 0.0918. The number of carbonyl (C=O) groups is 1. The second kappa shape index (κ2) is 6.75. The van der Waals surface area contributed by atoms with E-state index in [9.17, 15) is 17.1 Å². The van der Waals surface area contributed by atoms with Crippen molar-refractivity contribution in [2.24, 2.45) is 7.05 Å². The van der Waals surface area contributed by atoms with Crippen LogP contribution in [0.2, 0.25) is 0 Å². The largest absolute Gasteiger partial charge is 0.444 e. The molecule has 1 heterocycles. The van der Waals surface area contributed by atoms with Crippen LogP contribution in [0.3, 0.4) is 0 Å². The molecular formula is C17H16FN3O4S. The fourth-order valence-corrected chi connectivity index (χ4v) is 3.45. The summed E-state index contributed by atoms with van der Waals surface area (Å²) in [5.41, 5.74) is 1.40. The van der Waals surface area contributed by atoms with Crippen molar-refractivity contribution in [3.8, 4) is 0 Å². The molecule has 0 saturated heterocycles. The number of aryl methyl sites for hydroxylation is 2. The molecule has 0 saturated carbocycles. The predicted octanol–water partition coefficient (Wildman–Crippen LogP) is 3.29. The standard InChI is InChI=1S/C17H16FN3O4S/c1-11-8-13-15(14(9-11)26(18,23)24)21(2)20-16(13)19-17(22)25-10-12-6-4-3-5-7-12/h3-9H,10H2,1-2H3,(H,19,20,22). The molecule has 3 aromatic rings. The zero-order chi connectivity index (χ0) is 18.9. The molecule has 0 radical (unpaired) electrons. The van der Waals surface area contributed by atoms with Gasteiger partial charge in [-0.1, -0.05) is 30.3 Å². The summed E-state index contributed by atoms with van der Waals surface area (Å²) in [6.07, 6.45) is -0.750. The molecule has 0 bridgehead atoms. The number of ether oxygens (including phenoxy) is 1. The molecule has 7 nitrogen and oxygen atoms in total. The van der Waals surface area contributed by atoms with Gasteiger partial charge in [0.25, 0.3) is 0 Å². The third kappa shape index (κ3) is 3.67. The average molecular weight is 377 g/mol. The van der Waals surface area contributed by atoms with Gasteiger partial charge in [-0.3, -0.25) is 10.00 Å². The highest BCUT2D eigenvalue weighted by atomic mass is 32.3. The first-order valence-electron chi connectivity index (χ1n) is 7.65. The van der Waals surface area contributed by atoms with Crippen LogP contribution < -0.4 is 5.32 Å². The van der Waals surface area contributed by atoms with Crippen LogP contribution in [0.1, 0.15) is 11.1 Å². The number of halogens is 1. The Kier molecular flexibility index (Phi) is 4.64. The van der Waals surface area contributed by atoms with Crippen molar-refractivity contribution >= 4 is 33.0 Å². The quantitative estimate of drug-likeness (QED) is 0.705. The second-order valence-electron chi connectivity index (χ2n) is 5.76. The minimum absolute atomic E-state index is 0.0662. The molecule has 3 rings (SSSR count). The number of rotatable bonds is 4. The van der Waals surface area contributed by atoms with E-state index in [-0.39, 0.29) is 17.9 Å². The van der Waals surface area contributed by atoms with E-state index in [1.54, 1.807) is 13.0 Å². The van der Waals surface area contributed by atoms with E-state index in [0.717, 1.165) is 5.56 Å². The number of nitrogens with zero attached hydrogens (tertiary/aromatic N) is 2. The summed E-state index contributed by atoms with van der Waals surface area (Å²) in [6, 6.07) is 12.0. The molecule has 1 amide bonds. The lowest BCUT2D eigenvalue weighted by Gasteiger charge is -2.06. The Morgan fingerprint density at radius 1 is 1.27 bits per heavy atom. The zero-order valence-corrected chi connectivity index (χ0v) is 14.9. The number of nitrogens with one attached hydrogen (secondary N) is 1. The summed E-state index contributed by atoms with van der Waals surface area (Å²) in [4.78, 5) is 11.5.